The highest BCUT2D eigenvalue weighted by atomic mass is 19.3. The lowest BCUT2D eigenvalue weighted by atomic mass is 9.68. The highest BCUT2D eigenvalue weighted by Gasteiger charge is 2.59. The van der Waals surface area contributed by atoms with Crippen molar-refractivity contribution in [1.29, 1.82) is 0 Å². The highest BCUT2D eigenvalue weighted by Crippen LogP contribution is 2.63. The molecule has 2 saturated carbocycles. The molecule has 0 radical (unpaired) electrons. The quantitative estimate of drug-likeness (QED) is 0.851. The van der Waals surface area contributed by atoms with Crippen LogP contribution in [0.3, 0.4) is 0 Å². The number of ether oxygens (including phenoxy) is 1. The first-order valence-electron chi connectivity index (χ1n) is 7.63. The molecular weight excluding hydrogens is 272 g/mol. The molecule has 2 nitrogen and oxygen atoms in total. The number of nitrogens with one attached hydrogen (secondary N) is 1. The van der Waals surface area contributed by atoms with Gasteiger partial charge in [-0.05, 0) is 48.1 Å². The van der Waals surface area contributed by atoms with Crippen LogP contribution >= 0.6 is 0 Å². The molecule has 1 N–H and O–H groups in total. The number of anilines is 1. The smallest absolute Gasteiger partial charge is 0.387 e. The van der Waals surface area contributed by atoms with Crippen molar-refractivity contribution in [2.45, 2.75) is 52.7 Å². The summed E-state index contributed by atoms with van der Waals surface area (Å²) in [5.74, 6) is 0.960. The van der Waals surface area contributed by atoms with E-state index in [0.717, 1.165) is 11.6 Å². The fraction of sp³-hybridized carbons (Fsp3) is 0.647. The lowest BCUT2D eigenvalue weighted by molar-refractivity contribution is -0.0498. The molecule has 0 spiro atoms. The van der Waals surface area contributed by atoms with E-state index in [1.165, 1.54) is 19.3 Å². The molecule has 0 aliphatic heterocycles. The van der Waals surface area contributed by atoms with E-state index in [1.807, 2.05) is 6.07 Å². The van der Waals surface area contributed by atoms with E-state index in [1.54, 1.807) is 18.2 Å². The van der Waals surface area contributed by atoms with Gasteiger partial charge in [0.2, 0.25) is 0 Å². The topological polar surface area (TPSA) is 21.3 Å². The van der Waals surface area contributed by atoms with Gasteiger partial charge in [-0.1, -0.05) is 26.8 Å². The van der Waals surface area contributed by atoms with Crippen LogP contribution in [-0.4, -0.2) is 12.7 Å². The Bertz CT molecular complexity index is 527. The van der Waals surface area contributed by atoms with Crippen LogP contribution in [-0.2, 0) is 0 Å². The average Bonchev–Trinajstić information content (AvgIpc) is 2.86. The SMILES string of the molecule is CC1(C)C(Nc2cccc(OC(F)F)c2)[C@]2(C)CC[C@H]1C2. The summed E-state index contributed by atoms with van der Waals surface area (Å²) in [5, 5.41) is 3.59. The van der Waals surface area contributed by atoms with E-state index in [-0.39, 0.29) is 11.2 Å². The summed E-state index contributed by atoms with van der Waals surface area (Å²) in [6, 6.07) is 7.26. The minimum Gasteiger partial charge on any atom is -0.435 e. The summed E-state index contributed by atoms with van der Waals surface area (Å²) in [6.07, 6.45) is 3.80. The van der Waals surface area contributed by atoms with Crippen LogP contribution in [0.15, 0.2) is 24.3 Å². The number of halogens is 2. The Morgan fingerprint density at radius 2 is 2.05 bits per heavy atom. The van der Waals surface area contributed by atoms with Gasteiger partial charge < -0.3 is 10.1 Å². The van der Waals surface area contributed by atoms with Gasteiger partial charge in [0.1, 0.15) is 5.75 Å². The Morgan fingerprint density at radius 3 is 2.67 bits per heavy atom. The van der Waals surface area contributed by atoms with Gasteiger partial charge in [0.15, 0.2) is 0 Å². The summed E-state index contributed by atoms with van der Waals surface area (Å²) in [6.45, 7) is 4.20. The van der Waals surface area contributed by atoms with Crippen LogP contribution in [0.5, 0.6) is 5.75 Å². The maximum atomic E-state index is 12.3. The Labute approximate surface area is 124 Å². The molecule has 0 saturated heterocycles. The summed E-state index contributed by atoms with van der Waals surface area (Å²) >= 11 is 0. The van der Waals surface area contributed by atoms with Gasteiger partial charge in [-0.25, -0.2) is 0 Å². The lowest BCUT2D eigenvalue weighted by Gasteiger charge is -2.43. The minimum atomic E-state index is -2.78. The molecule has 2 aliphatic carbocycles. The molecule has 3 atom stereocenters. The van der Waals surface area contributed by atoms with Crippen LogP contribution in [0.4, 0.5) is 14.5 Å². The van der Waals surface area contributed by atoms with Crippen LogP contribution in [0.1, 0.15) is 40.0 Å². The van der Waals surface area contributed by atoms with Crippen molar-refractivity contribution in [2.75, 3.05) is 5.32 Å². The van der Waals surface area contributed by atoms with Crippen molar-refractivity contribution in [3.63, 3.8) is 0 Å². The summed E-state index contributed by atoms with van der Waals surface area (Å²) < 4.78 is 29.1. The second-order valence-corrected chi connectivity index (χ2v) is 7.40. The monoisotopic (exact) mass is 295 g/mol. The molecule has 2 bridgehead atoms. The first-order valence-corrected chi connectivity index (χ1v) is 7.63. The number of alkyl halides is 2. The fourth-order valence-electron chi connectivity index (χ4n) is 4.59. The van der Waals surface area contributed by atoms with Gasteiger partial charge in [0.25, 0.3) is 0 Å². The second-order valence-electron chi connectivity index (χ2n) is 7.40. The van der Waals surface area contributed by atoms with E-state index in [4.69, 9.17) is 0 Å². The van der Waals surface area contributed by atoms with Crippen molar-refractivity contribution in [2.24, 2.45) is 16.7 Å². The third kappa shape index (κ3) is 2.49. The van der Waals surface area contributed by atoms with Gasteiger partial charge in [0, 0.05) is 17.8 Å². The zero-order valence-corrected chi connectivity index (χ0v) is 12.8. The number of fused-ring (bicyclic) bond motifs is 2. The first-order chi connectivity index (χ1) is 9.81. The van der Waals surface area contributed by atoms with Crippen molar-refractivity contribution in [3.05, 3.63) is 24.3 Å². The molecule has 4 heteroatoms. The molecule has 2 fully saturated rings. The molecule has 1 unspecified atom stereocenters. The van der Waals surface area contributed by atoms with Crippen molar-refractivity contribution < 1.29 is 13.5 Å². The standard InChI is InChI=1S/C17H23F2NO/c1-16(2)11-7-8-17(3,10-11)14(16)20-12-5-4-6-13(9-12)21-15(18)19/h4-6,9,11,14-15,20H,7-8,10H2,1-3H3/t11-,14?,17+/m0/s1. The molecule has 0 amide bonds. The predicted molar refractivity (Wildman–Crippen MR) is 79.7 cm³/mol. The molecule has 0 aromatic heterocycles. The van der Waals surface area contributed by atoms with Crippen molar-refractivity contribution in [3.8, 4) is 5.75 Å². The second kappa shape index (κ2) is 4.85. The highest BCUT2D eigenvalue weighted by molar-refractivity contribution is 5.50. The van der Waals surface area contributed by atoms with Crippen LogP contribution in [0.25, 0.3) is 0 Å². The fourth-order valence-corrected chi connectivity index (χ4v) is 4.59. The van der Waals surface area contributed by atoms with Crippen molar-refractivity contribution in [1.82, 2.24) is 0 Å². The van der Waals surface area contributed by atoms with E-state index in [9.17, 15) is 8.78 Å². The zero-order chi connectivity index (χ0) is 15.3. The molecular formula is C17H23F2NO. The average molecular weight is 295 g/mol. The first kappa shape index (κ1) is 14.6. The summed E-state index contributed by atoms with van der Waals surface area (Å²) in [4.78, 5) is 0. The molecule has 21 heavy (non-hydrogen) atoms. The number of hydrogen-bond acceptors (Lipinski definition) is 2. The molecule has 116 valence electrons. The summed E-state index contributed by atoms with van der Waals surface area (Å²) in [5.41, 5.74) is 1.39. The normalized spacial score (nSPS) is 33.4. The summed E-state index contributed by atoms with van der Waals surface area (Å²) in [7, 11) is 0. The maximum absolute atomic E-state index is 12.3. The van der Waals surface area contributed by atoms with E-state index < -0.39 is 6.61 Å². The van der Waals surface area contributed by atoms with Gasteiger partial charge in [0.05, 0.1) is 0 Å². The number of rotatable bonds is 4. The Kier molecular flexibility index (Phi) is 3.38. The van der Waals surface area contributed by atoms with Gasteiger partial charge in [-0.2, -0.15) is 8.78 Å². The minimum absolute atomic E-state index is 0.209. The van der Waals surface area contributed by atoms with E-state index >= 15 is 0 Å². The van der Waals surface area contributed by atoms with Crippen LogP contribution in [0.2, 0.25) is 0 Å². The van der Waals surface area contributed by atoms with E-state index in [2.05, 4.69) is 30.8 Å². The van der Waals surface area contributed by atoms with E-state index in [0.29, 0.717) is 11.5 Å². The Morgan fingerprint density at radius 1 is 1.29 bits per heavy atom. The number of benzene rings is 1. The largest absolute Gasteiger partial charge is 0.435 e. The molecule has 3 rings (SSSR count). The Hall–Kier alpha value is -1.32. The van der Waals surface area contributed by atoms with Gasteiger partial charge >= 0.3 is 6.61 Å². The maximum Gasteiger partial charge on any atom is 0.387 e. The third-order valence-electron chi connectivity index (χ3n) is 5.64. The van der Waals surface area contributed by atoms with Gasteiger partial charge in [-0.15, -0.1) is 0 Å². The molecule has 0 heterocycles. The molecule has 1 aromatic carbocycles. The Balaban J connectivity index is 1.80. The van der Waals surface area contributed by atoms with Crippen molar-refractivity contribution >= 4 is 5.69 Å². The predicted octanol–water partition coefficient (Wildman–Crippen LogP) is 4.91. The molecule has 1 aromatic rings. The van der Waals surface area contributed by atoms with Crippen LogP contribution in [0, 0.1) is 16.7 Å². The number of hydrogen-bond donors (Lipinski definition) is 1. The zero-order valence-electron chi connectivity index (χ0n) is 12.8. The van der Waals surface area contributed by atoms with Gasteiger partial charge in [-0.3, -0.25) is 0 Å². The van der Waals surface area contributed by atoms with Crippen LogP contribution < -0.4 is 10.1 Å². The third-order valence-corrected chi connectivity index (χ3v) is 5.64. The lowest BCUT2D eigenvalue weighted by Crippen LogP contribution is -2.45. The molecule has 2 aliphatic rings.